The molecule has 10 heteroatoms. The Labute approximate surface area is 149 Å². The average Bonchev–Trinajstić information content (AvgIpc) is 2.99. The second-order valence-corrected chi connectivity index (χ2v) is 5.27. The Bertz CT molecular complexity index is 967. The predicted molar refractivity (Wildman–Crippen MR) is 84.6 cm³/mol. The molecular weight excluding hydrogens is 373 g/mol. The molecule has 0 aliphatic heterocycles. The highest BCUT2D eigenvalue weighted by atomic mass is 19.4. The second kappa shape index (κ2) is 7.06. The number of aromatic nitrogens is 2. The van der Waals surface area contributed by atoms with Gasteiger partial charge in [-0.3, -0.25) is 5.32 Å². The molecule has 5 nitrogen and oxygen atoms in total. The van der Waals surface area contributed by atoms with E-state index >= 15 is 0 Å². The summed E-state index contributed by atoms with van der Waals surface area (Å²) in [7, 11) is 0. The highest BCUT2D eigenvalue weighted by molar-refractivity contribution is 5.86. The Morgan fingerprint density at radius 1 is 1.04 bits per heavy atom. The van der Waals surface area contributed by atoms with Crippen LogP contribution in [-0.4, -0.2) is 15.9 Å². The number of hydrogen-bond donors (Lipinski definition) is 1. The van der Waals surface area contributed by atoms with Gasteiger partial charge in [-0.15, -0.1) is 0 Å². The normalized spacial score (nSPS) is 11.3. The smallest absolute Gasteiger partial charge is 0.406 e. The van der Waals surface area contributed by atoms with Gasteiger partial charge >= 0.3 is 12.3 Å². The molecule has 2 aromatic carbocycles. The molecular formula is C17H10F5N3O2. The fourth-order valence-electron chi connectivity index (χ4n) is 2.26. The van der Waals surface area contributed by atoms with Crippen LogP contribution in [0.1, 0.15) is 5.69 Å². The maximum absolute atomic E-state index is 13.4. The summed E-state index contributed by atoms with van der Waals surface area (Å²) in [6, 6.07) is 8.85. The van der Waals surface area contributed by atoms with Crippen LogP contribution in [0.15, 0.2) is 54.7 Å². The van der Waals surface area contributed by atoms with Gasteiger partial charge in [0.15, 0.2) is 11.4 Å². The number of nitrogens with one attached hydrogen (secondary N) is 1. The van der Waals surface area contributed by atoms with Crippen molar-refractivity contribution in [2.45, 2.75) is 6.18 Å². The molecule has 0 saturated heterocycles. The quantitative estimate of drug-likeness (QED) is 0.663. The number of rotatable bonds is 3. The third kappa shape index (κ3) is 4.22. The van der Waals surface area contributed by atoms with Crippen molar-refractivity contribution in [2.24, 2.45) is 0 Å². The molecule has 0 spiro atoms. The number of nitrogens with zero attached hydrogens (tertiary/aromatic N) is 2. The van der Waals surface area contributed by atoms with Crippen LogP contribution in [0.2, 0.25) is 0 Å². The van der Waals surface area contributed by atoms with Crippen LogP contribution >= 0.6 is 0 Å². The van der Waals surface area contributed by atoms with E-state index in [9.17, 15) is 26.7 Å². The van der Waals surface area contributed by atoms with Crippen LogP contribution in [0.5, 0.6) is 5.75 Å². The van der Waals surface area contributed by atoms with E-state index in [1.54, 1.807) is 0 Å². The third-order valence-electron chi connectivity index (χ3n) is 3.35. The molecule has 1 N–H and O–H groups in total. The first-order valence-electron chi connectivity index (χ1n) is 7.39. The van der Waals surface area contributed by atoms with E-state index in [1.165, 1.54) is 12.1 Å². The molecule has 0 saturated carbocycles. The van der Waals surface area contributed by atoms with E-state index < -0.39 is 35.3 Å². The number of amides is 1. The maximum atomic E-state index is 13.4. The van der Waals surface area contributed by atoms with Gasteiger partial charge in [0.25, 0.3) is 0 Å². The number of ether oxygens (including phenoxy) is 1. The van der Waals surface area contributed by atoms with E-state index in [-0.39, 0.29) is 11.4 Å². The number of halogens is 5. The van der Waals surface area contributed by atoms with Crippen LogP contribution in [0.3, 0.4) is 0 Å². The Kier molecular flexibility index (Phi) is 4.80. The summed E-state index contributed by atoms with van der Waals surface area (Å²) >= 11 is 0. The van der Waals surface area contributed by atoms with Crippen LogP contribution in [0.4, 0.5) is 32.4 Å². The van der Waals surface area contributed by atoms with E-state index in [0.29, 0.717) is 10.9 Å². The van der Waals surface area contributed by atoms with Crippen molar-refractivity contribution in [1.29, 1.82) is 0 Å². The van der Waals surface area contributed by atoms with E-state index in [0.717, 1.165) is 36.4 Å². The molecule has 1 aromatic heterocycles. The van der Waals surface area contributed by atoms with Crippen molar-refractivity contribution in [3.05, 3.63) is 72.1 Å². The molecule has 1 amide bonds. The standard InChI is InChI=1S/C17H10F5N3O2/c18-10-4-6-13(7-5-10)25-15(17(20,21)22)14(9-23-25)27-16(26)24-12-3-1-2-11(19)8-12/h1-9H,(H,24,26). The van der Waals surface area contributed by atoms with Crippen molar-refractivity contribution in [3.8, 4) is 11.4 Å². The van der Waals surface area contributed by atoms with Gasteiger partial charge in [0.2, 0.25) is 0 Å². The van der Waals surface area contributed by atoms with Crippen LogP contribution in [0, 0.1) is 11.6 Å². The highest BCUT2D eigenvalue weighted by Crippen LogP contribution is 2.37. The fourth-order valence-corrected chi connectivity index (χ4v) is 2.26. The molecule has 27 heavy (non-hydrogen) atoms. The lowest BCUT2D eigenvalue weighted by molar-refractivity contribution is -0.143. The monoisotopic (exact) mass is 383 g/mol. The van der Waals surface area contributed by atoms with E-state index in [2.05, 4.69) is 10.4 Å². The lowest BCUT2D eigenvalue weighted by Gasteiger charge is -2.13. The number of carbonyl (C=O) groups excluding carboxylic acids is 1. The Hall–Kier alpha value is -3.43. The predicted octanol–water partition coefficient (Wildman–Crippen LogP) is 4.78. The molecule has 0 bridgehead atoms. The highest BCUT2D eigenvalue weighted by Gasteiger charge is 2.40. The van der Waals surface area contributed by atoms with E-state index in [4.69, 9.17) is 4.74 Å². The van der Waals surface area contributed by atoms with Gasteiger partial charge in [0.1, 0.15) is 11.6 Å². The van der Waals surface area contributed by atoms with Crippen molar-refractivity contribution < 1.29 is 31.5 Å². The summed E-state index contributed by atoms with van der Waals surface area (Å²) < 4.78 is 71.6. The number of anilines is 1. The fraction of sp³-hybridized carbons (Fsp3) is 0.0588. The molecule has 0 aliphatic rings. The summed E-state index contributed by atoms with van der Waals surface area (Å²) in [6.45, 7) is 0. The molecule has 0 fully saturated rings. The van der Waals surface area contributed by atoms with Gasteiger partial charge in [-0.1, -0.05) is 6.07 Å². The zero-order chi connectivity index (χ0) is 19.6. The first-order chi connectivity index (χ1) is 12.7. The van der Waals surface area contributed by atoms with Gasteiger partial charge in [0, 0.05) is 5.69 Å². The van der Waals surface area contributed by atoms with Crippen LogP contribution < -0.4 is 10.1 Å². The largest absolute Gasteiger partial charge is 0.437 e. The number of carbonyl (C=O) groups is 1. The van der Waals surface area contributed by atoms with Crippen molar-refractivity contribution in [3.63, 3.8) is 0 Å². The second-order valence-electron chi connectivity index (χ2n) is 5.27. The van der Waals surface area contributed by atoms with Crippen LogP contribution in [-0.2, 0) is 6.18 Å². The molecule has 0 unspecified atom stereocenters. The zero-order valence-corrected chi connectivity index (χ0v) is 13.3. The van der Waals surface area contributed by atoms with Gasteiger partial charge < -0.3 is 4.74 Å². The topological polar surface area (TPSA) is 56.1 Å². The zero-order valence-electron chi connectivity index (χ0n) is 13.3. The van der Waals surface area contributed by atoms with Gasteiger partial charge in [-0.2, -0.15) is 18.3 Å². The lowest BCUT2D eigenvalue weighted by atomic mass is 10.3. The number of alkyl halides is 3. The summed E-state index contributed by atoms with van der Waals surface area (Å²) in [5, 5.41) is 5.68. The summed E-state index contributed by atoms with van der Waals surface area (Å²) in [5.74, 6) is -2.14. The Morgan fingerprint density at radius 3 is 2.37 bits per heavy atom. The molecule has 1 heterocycles. The van der Waals surface area contributed by atoms with Crippen molar-refractivity contribution >= 4 is 11.8 Å². The summed E-state index contributed by atoms with van der Waals surface area (Å²) in [4.78, 5) is 11.9. The van der Waals surface area contributed by atoms with Crippen LogP contribution in [0.25, 0.3) is 5.69 Å². The Morgan fingerprint density at radius 2 is 1.74 bits per heavy atom. The first kappa shape index (κ1) is 18.4. The van der Waals surface area contributed by atoms with Gasteiger partial charge in [-0.25, -0.2) is 18.3 Å². The minimum atomic E-state index is -4.92. The minimum absolute atomic E-state index is 0.000477. The molecule has 140 valence electrons. The molecule has 3 rings (SSSR count). The van der Waals surface area contributed by atoms with Crippen molar-refractivity contribution in [2.75, 3.05) is 5.32 Å². The minimum Gasteiger partial charge on any atom is -0.406 e. The number of benzene rings is 2. The van der Waals surface area contributed by atoms with E-state index in [1.807, 2.05) is 0 Å². The molecule has 0 radical (unpaired) electrons. The summed E-state index contributed by atoms with van der Waals surface area (Å²) in [5.41, 5.74) is -1.44. The molecule has 0 aliphatic carbocycles. The SMILES string of the molecule is O=C(Nc1cccc(F)c1)Oc1cnn(-c2ccc(F)cc2)c1C(F)(F)F. The lowest BCUT2D eigenvalue weighted by Crippen LogP contribution is -2.20. The van der Waals surface area contributed by atoms with Gasteiger partial charge in [0.05, 0.1) is 11.9 Å². The first-order valence-corrected chi connectivity index (χ1v) is 7.39. The third-order valence-corrected chi connectivity index (χ3v) is 3.35. The summed E-state index contributed by atoms with van der Waals surface area (Å²) in [6.07, 6.45) is -5.47. The molecule has 3 aromatic rings. The van der Waals surface area contributed by atoms with Gasteiger partial charge in [-0.05, 0) is 42.5 Å². The van der Waals surface area contributed by atoms with Crippen molar-refractivity contribution in [1.82, 2.24) is 9.78 Å². The Balaban J connectivity index is 1.89. The molecule has 0 atom stereocenters. The maximum Gasteiger partial charge on any atom is 0.437 e. The number of hydrogen-bond acceptors (Lipinski definition) is 3. The average molecular weight is 383 g/mol.